The van der Waals surface area contributed by atoms with Gasteiger partial charge in [0.25, 0.3) is 0 Å². The standard InChI is InChI=1S/C12H22N2/c1-3-5-10-14(9-4-2)12-7-6-8-13-11-12/h1,12-13H,4-11H2,2H3. The summed E-state index contributed by atoms with van der Waals surface area (Å²) in [5.74, 6) is 2.73. The second-order valence-electron chi connectivity index (χ2n) is 3.99. The van der Waals surface area contributed by atoms with E-state index in [1.165, 1.54) is 32.4 Å². The molecule has 1 aliphatic rings. The van der Waals surface area contributed by atoms with E-state index in [1.807, 2.05) is 0 Å². The maximum absolute atomic E-state index is 5.31. The molecule has 2 nitrogen and oxygen atoms in total. The molecule has 1 aliphatic heterocycles. The van der Waals surface area contributed by atoms with Crippen molar-refractivity contribution in [2.45, 2.75) is 38.6 Å². The number of hydrogen-bond donors (Lipinski definition) is 1. The molecule has 0 aromatic heterocycles. The van der Waals surface area contributed by atoms with Crippen LogP contribution in [0.3, 0.4) is 0 Å². The number of hydrogen-bond acceptors (Lipinski definition) is 2. The first kappa shape index (κ1) is 11.6. The Bertz CT molecular complexity index is 177. The van der Waals surface area contributed by atoms with E-state index >= 15 is 0 Å². The van der Waals surface area contributed by atoms with Crippen molar-refractivity contribution in [2.75, 3.05) is 26.2 Å². The third kappa shape index (κ3) is 3.69. The minimum Gasteiger partial charge on any atom is -0.315 e. The zero-order chi connectivity index (χ0) is 10.2. The summed E-state index contributed by atoms with van der Waals surface area (Å²) >= 11 is 0. The first-order valence-electron chi connectivity index (χ1n) is 5.76. The van der Waals surface area contributed by atoms with Crippen molar-refractivity contribution in [3.05, 3.63) is 0 Å². The lowest BCUT2D eigenvalue weighted by molar-refractivity contribution is 0.169. The van der Waals surface area contributed by atoms with Crippen LogP contribution in [0.1, 0.15) is 32.6 Å². The van der Waals surface area contributed by atoms with Crippen molar-refractivity contribution in [3.63, 3.8) is 0 Å². The summed E-state index contributed by atoms with van der Waals surface area (Å²) in [6.07, 6.45) is 10.1. The van der Waals surface area contributed by atoms with Crippen LogP contribution < -0.4 is 5.32 Å². The monoisotopic (exact) mass is 194 g/mol. The summed E-state index contributed by atoms with van der Waals surface area (Å²) in [7, 11) is 0. The summed E-state index contributed by atoms with van der Waals surface area (Å²) in [5, 5.41) is 3.46. The third-order valence-electron chi connectivity index (χ3n) is 2.84. The predicted molar refractivity (Wildman–Crippen MR) is 61.2 cm³/mol. The SMILES string of the molecule is C#CCCN(CCC)C1CCCNC1. The van der Waals surface area contributed by atoms with Gasteiger partial charge in [0.05, 0.1) is 0 Å². The van der Waals surface area contributed by atoms with Crippen LogP contribution in [0.25, 0.3) is 0 Å². The Hall–Kier alpha value is -0.520. The summed E-state index contributed by atoms with van der Waals surface area (Å²) in [4.78, 5) is 2.55. The van der Waals surface area contributed by atoms with Crippen molar-refractivity contribution in [1.29, 1.82) is 0 Å². The van der Waals surface area contributed by atoms with Gasteiger partial charge in [0.15, 0.2) is 0 Å². The molecule has 2 heteroatoms. The fourth-order valence-corrected chi connectivity index (χ4v) is 2.12. The Balaban J connectivity index is 2.35. The van der Waals surface area contributed by atoms with Gasteiger partial charge >= 0.3 is 0 Å². The molecule has 0 aliphatic carbocycles. The Kier molecular flexibility index (Phi) is 5.66. The van der Waals surface area contributed by atoms with Crippen molar-refractivity contribution >= 4 is 0 Å². The molecule has 14 heavy (non-hydrogen) atoms. The first-order chi connectivity index (χ1) is 6.88. The van der Waals surface area contributed by atoms with E-state index in [-0.39, 0.29) is 0 Å². The van der Waals surface area contributed by atoms with E-state index < -0.39 is 0 Å². The van der Waals surface area contributed by atoms with Crippen LogP contribution in [0, 0.1) is 12.3 Å². The largest absolute Gasteiger partial charge is 0.315 e. The van der Waals surface area contributed by atoms with Crippen LogP contribution in [-0.4, -0.2) is 37.1 Å². The molecule has 1 fully saturated rings. The molecular formula is C12H22N2. The molecule has 1 heterocycles. The maximum atomic E-state index is 5.31. The number of nitrogens with zero attached hydrogens (tertiary/aromatic N) is 1. The fraction of sp³-hybridized carbons (Fsp3) is 0.833. The Morgan fingerprint density at radius 2 is 2.36 bits per heavy atom. The highest BCUT2D eigenvalue weighted by atomic mass is 15.2. The quantitative estimate of drug-likeness (QED) is 0.667. The van der Waals surface area contributed by atoms with E-state index in [2.05, 4.69) is 23.1 Å². The van der Waals surface area contributed by atoms with Crippen LogP contribution in [0.2, 0.25) is 0 Å². The second-order valence-corrected chi connectivity index (χ2v) is 3.99. The van der Waals surface area contributed by atoms with Crippen LogP contribution in [0.5, 0.6) is 0 Å². The average molecular weight is 194 g/mol. The highest BCUT2D eigenvalue weighted by molar-refractivity contribution is 4.87. The van der Waals surface area contributed by atoms with Gasteiger partial charge in [0, 0.05) is 25.6 Å². The van der Waals surface area contributed by atoms with Gasteiger partial charge in [-0.15, -0.1) is 12.3 Å². The molecule has 0 aromatic rings. The van der Waals surface area contributed by atoms with Crippen LogP contribution in [0.4, 0.5) is 0 Å². The molecule has 80 valence electrons. The Morgan fingerprint density at radius 1 is 1.50 bits per heavy atom. The molecule has 0 spiro atoms. The molecule has 0 aromatic carbocycles. The fourth-order valence-electron chi connectivity index (χ4n) is 2.12. The van der Waals surface area contributed by atoms with Crippen LogP contribution in [0.15, 0.2) is 0 Å². The molecule has 1 saturated heterocycles. The van der Waals surface area contributed by atoms with Gasteiger partial charge in [-0.3, -0.25) is 4.90 Å². The Labute approximate surface area is 88.1 Å². The van der Waals surface area contributed by atoms with Gasteiger partial charge in [-0.1, -0.05) is 6.92 Å². The lowest BCUT2D eigenvalue weighted by atomic mass is 10.1. The van der Waals surface area contributed by atoms with E-state index in [0.29, 0.717) is 0 Å². The molecular weight excluding hydrogens is 172 g/mol. The molecule has 0 saturated carbocycles. The first-order valence-corrected chi connectivity index (χ1v) is 5.76. The topological polar surface area (TPSA) is 15.3 Å². The highest BCUT2D eigenvalue weighted by Crippen LogP contribution is 2.11. The van der Waals surface area contributed by atoms with Crippen LogP contribution >= 0.6 is 0 Å². The van der Waals surface area contributed by atoms with Gasteiger partial charge in [-0.05, 0) is 32.4 Å². The van der Waals surface area contributed by atoms with Gasteiger partial charge in [-0.25, -0.2) is 0 Å². The van der Waals surface area contributed by atoms with E-state index in [1.54, 1.807) is 0 Å². The molecule has 0 radical (unpaired) electrons. The summed E-state index contributed by atoms with van der Waals surface area (Å²) in [6, 6.07) is 0.719. The van der Waals surface area contributed by atoms with Gasteiger partial charge in [-0.2, -0.15) is 0 Å². The molecule has 1 N–H and O–H groups in total. The minimum atomic E-state index is 0.719. The number of terminal acetylenes is 1. The zero-order valence-corrected chi connectivity index (χ0v) is 9.26. The van der Waals surface area contributed by atoms with Gasteiger partial charge in [0.1, 0.15) is 0 Å². The number of piperidine rings is 1. The third-order valence-corrected chi connectivity index (χ3v) is 2.84. The van der Waals surface area contributed by atoms with E-state index in [0.717, 1.165) is 25.6 Å². The maximum Gasteiger partial charge on any atom is 0.0221 e. The highest BCUT2D eigenvalue weighted by Gasteiger charge is 2.19. The smallest absolute Gasteiger partial charge is 0.0221 e. The van der Waals surface area contributed by atoms with E-state index in [4.69, 9.17) is 6.42 Å². The summed E-state index contributed by atoms with van der Waals surface area (Å²) < 4.78 is 0. The van der Waals surface area contributed by atoms with E-state index in [9.17, 15) is 0 Å². The van der Waals surface area contributed by atoms with Gasteiger partial charge in [0.2, 0.25) is 0 Å². The summed E-state index contributed by atoms with van der Waals surface area (Å²) in [6.45, 7) is 6.82. The minimum absolute atomic E-state index is 0.719. The molecule has 0 bridgehead atoms. The number of nitrogens with one attached hydrogen (secondary N) is 1. The lowest BCUT2D eigenvalue weighted by Crippen LogP contribution is -2.46. The van der Waals surface area contributed by atoms with Crippen molar-refractivity contribution in [1.82, 2.24) is 10.2 Å². The second kappa shape index (κ2) is 6.86. The normalized spacial score (nSPS) is 22.2. The number of rotatable bonds is 5. The molecule has 1 atom stereocenters. The van der Waals surface area contributed by atoms with Gasteiger partial charge < -0.3 is 5.32 Å². The Morgan fingerprint density at radius 3 is 2.93 bits per heavy atom. The molecule has 0 amide bonds. The van der Waals surface area contributed by atoms with Crippen molar-refractivity contribution in [3.8, 4) is 12.3 Å². The van der Waals surface area contributed by atoms with Crippen LogP contribution in [-0.2, 0) is 0 Å². The molecule has 1 rings (SSSR count). The van der Waals surface area contributed by atoms with Crippen molar-refractivity contribution < 1.29 is 0 Å². The zero-order valence-electron chi connectivity index (χ0n) is 9.26. The average Bonchev–Trinajstić information content (AvgIpc) is 2.25. The summed E-state index contributed by atoms with van der Waals surface area (Å²) in [5.41, 5.74) is 0. The lowest BCUT2D eigenvalue weighted by Gasteiger charge is -2.34. The van der Waals surface area contributed by atoms with Crippen molar-refractivity contribution in [2.24, 2.45) is 0 Å². The molecule has 1 unspecified atom stereocenters. The predicted octanol–water partition coefficient (Wildman–Crippen LogP) is 1.47.